The Morgan fingerprint density at radius 3 is 1.95 bits per heavy atom. The second-order valence-electron chi connectivity index (χ2n) is 11.4. The van der Waals surface area contributed by atoms with E-state index in [4.69, 9.17) is 4.74 Å². The van der Waals surface area contributed by atoms with E-state index in [0.29, 0.717) is 17.6 Å². The van der Waals surface area contributed by atoms with E-state index in [-0.39, 0.29) is 5.91 Å². The van der Waals surface area contributed by atoms with Crippen molar-refractivity contribution in [1.29, 1.82) is 0 Å². The summed E-state index contributed by atoms with van der Waals surface area (Å²) in [4.78, 5) is 25.9. The lowest BCUT2D eigenvalue weighted by atomic mass is 9.48. The van der Waals surface area contributed by atoms with Crippen LogP contribution in [0.1, 0.15) is 49.7 Å². The molecule has 5 heteroatoms. The molecule has 5 nitrogen and oxygen atoms in total. The molecule has 0 unspecified atom stereocenters. The average molecular weight is 495 g/mol. The first kappa shape index (κ1) is 23.8. The molecule has 0 aromatic heterocycles. The van der Waals surface area contributed by atoms with Gasteiger partial charge in [0, 0.05) is 12.1 Å². The monoisotopic (exact) mass is 494 g/mol. The molecule has 0 saturated heterocycles. The first-order valence-electron chi connectivity index (χ1n) is 13.5. The molecule has 4 saturated carbocycles. The van der Waals surface area contributed by atoms with E-state index < -0.39 is 12.1 Å². The second kappa shape index (κ2) is 10.0. The number of carbonyl (C=O) groups is 2. The number of anilines is 1. The van der Waals surface area contributed by atoms with Gasteiger partial charge in [0.05, 0.1) is 0 Å². The maximum Gasteiger partial charge on any atom is 0.413 e. The molecule has 0 heterocycles. The number of amides is 2. The molecule has 4 aliphatic carbocycles. The average Bonchev–Trinajstić information content (AvgIpc) is 2.89. The van der Waals surface area contributed by atoms with E-state index in [0.717, 1.165) is 29.0 Å². The van der Waals surface area contributed by atoms with Gasteiger partial charge in [-0.05, 0) is 97.1 Å². The van der Waals surface area contributed by atoms with Crippen molar-refractivity contribution in [2.75, 3.05) is 5.32 Å². The van der Waals surface area contributed by atoms with Crippen molar-refractivity contribution in [1.82, 2.24) is 5.32 Å². The maximum absolute atomic E-state index is 13.3. The first-order valence-corrected chi connectivity index (χ1v) is 13.5. The van der Waals surface area contributed by atoms with Gasteiger partial charge < -0.3 is 15.4 Å². The molecule has 37 heavy (non-hydrogen) atoms. The van der Waals surface area contributed by atoms with Crippen molar-refractivity contribution >= 4 is 17.7 Å². The van der Waals surface area contributed by atoms with Crippen LogP contribution in [0.25, 0.3) is 0 Å². The van der Waals surface area contributed by atoms with Gasteiger partial charge in [-0.1, -0.05) is 60.7 Å². The minimum atomic E-state index is -0.776. The van der Waals surface area contributed by atoms with Gasteiger partial charge in [0.2, 0.25) is 5.91 Å². The summed E-state index contributed by atoms with van der Waals surface area (Å²) in [5, 5.41) is 5.78. The summed E-state index contributed by atoms with van der Waals surface area (Å²) < 4.78 is 5.39. The molecule has 4 bridgehead atoms. The number of para-hydroxylation sites is 1. The van der Waals surface area contributed by atoms with E-state index >= 15 is 0 Å². The van der Waals surface area contributed by atoms with Crippen molar-refractivity contribution in [3.05, 3.63) is 96.1 Å². The Hall–Kier alpha value is -3.60. The number of ether oxygens (including phenoxy) is 1. The zero-order valence-electron chi connectivity index (χ0n) is 21.1. The highest BCUT2D eigenvalue weighted by Crippen LogP contribution is 2.60. The van der Waals surface area contributed by atoms with Crippen LogP contribution in [-0.2, 0) is 16.6 Å². The lowest BCUT2D eigenvalue weighted by molar-refractivity contribution is -0.118. The number of hydrogen-bond donors (Lipinski definition) is 2. The highest BCUT2D eigenvalue weighted by molar-refractivity contribution is 5.96. The number of rotatable bonds is 7. The quantitative estimate of drug-likeness (QED) is 0.394. The number of carbonyl (C=O) groups excluding carboxylic acids is 2. The van der Waals surface area contributed by atoms with Crippen LogP contribution in [0.3, 0.4) is 0 Å². The van der Waals surface area contributed by atoms with Gasteiger partial charge in [-0.25, -0.2) is 4.79 Å². The third kappa shape index (κ3) is 5.27. The minimum Gasteiger partial charge on any atom is -0.410 e. The van der Waals surface area contributed by atoms with Crippen LogP contribution in [0, 0.1) is 17.8 Å². The van der Waals surface area contributed by atoms with Crippen LogP contribution in [-0.4, -0.2) is 18.0 Å². The van der Waals surface area contributed by atoms with Crippen LogP contribution >= 0.6 is 0 Å². The van der Waals surface area contributed by atoms with Crippen molar-refractivity contribution in [3.8, 4) is 5.75 Å². The molecule has 7 rings (SSSR count). The van der Waals surface area contributed by atoms with Crippen LogP contribution in [0.2, 0.25) is 0 Å². The number of hydrogen-bond acceptors (Lipinski definition) is 3. The summed E-state index contributed by atoms with van der Waals surface area (Å²) in [7, 11) is 0. The van der Waals surface area contributed by atoms with Gasteiger partial charge in [0.1, 0.15) is 11.8 Å². The van der Waals surface area contributed by atoms with E-state index in [2.05, 4.69) is 22.8 Å². The Labute approximate surface area is 218 Å². The fraction of sp³-hybridized carbons (Fsp3) is 0.375. The minimum absolute atomic E-state index is 0.267. The van der Waals surface area contributed by atoms with E-state index in [1.807, 2.05) is 48.5 Å². The molecular formula is C32H34N2O3. The Morgan fingerprint density at radius 1 is 0.784 bits per heavy atom. The van der Waals surface area contributed by atoms with Crippen LogP contribution < -0.4 is 15.4 Å². The maximum atomic E-state index is 13.3. The number of benzene rings is 3. The molecule has 0 spiro atoms. The summed E-state index contributed by atoms with van der Waals surface area (Å²) in [5.74, 6) is 2.85. The SMILES string of the molecule is O=C(N[C@@H](Cc1ccccc1)C(=O)Nc1ccc(C23CC4CC(CC(C4)C2)C3)cc1)Oc1ccccc1. The summed E-state index contributed by atoms with van der Waals surface area (Å²) in [6.45, 7) is 0. The lowest BCUT2D eigenvalue weighted by Crippen LogP contribution is -2.48. The van der Waals surface area contributed by atoms with Crippen molar-refractivity contribution < 1.29 is 14.3 Å². The highest BCUT2D eigenvalue weighted by atomic mass is 16.6. The first-order chi connectivity index (χ1) is 18.0. The molecule has 1 atom stereocenters. The zero-order valence-corrected chi connectivity index (χ0v) is 21.1. The van der Waals surface area contributed by atoms with Crippen LogP contribution in [0.15, 0.2) is 84.9 Å². The van der Waals surface area contributed by atoms with E-state index in [9.17, 15) is 9.59 Å². The Balaban J connectivity index is 1.15. The van der Waals surface area contributed by atoms with Gasteiger partial charge >= 0.3 is 6.09 Å². The lowest BCUT2D eigenvalue weighted by Gasteiger charge is -2.57. The van der Waals surface area contributed by atoms with E-state index in [1.165, 1.54) is 44.1 Å². The Morgan fingerprint density at radius 2 is 1.35 bits per heavy atom. The second-order valence-corrected chi connectivity index (χ2v) is 11.4. The molecule has 4 fully saturated rings. The molecule has 3 aromatic rings. The van der Waals surface area contributed by atoms with Crippen molar-refractivity contribution in [2.45, 2.75) is 56.4 Å². The van der Waals surface area contributed by atoms with Gasteiger partial charge in [-0.3, -0.25) is 4.79 Å². The highest BCUT2D eigenvalue weighted by Gasteiger charge is 2.51. The summed E-state index contributed by atoms with van der Waals surface area (Å²) in [6.07, 6.45) is 7.94. The fourth-order valence-corrected chi connectivity index (χ4v) is 7.43. The molecule has 2 amide bonds. The number of nitrogens with one attached hydrogen (secondary N) is 2. The Kier molecular flexibility index (Phi) is 6.45. The van der Waals surface area contributed by atoms with Crippen LogP contribution in [0.4, 0.5) is 10.5 Å². The smallest absolute Gasteiger partial charge is 0.410 e. The van der Waals surface area contributed by atoms with Gasteiger partial charge in [-0.15, -0.1) is 0 Å². The molecule has 3 aromatic carbocycles. The zero-order chi connectivity index (χ0) is 25.2. The predicted octanol–water partition coefficient (Wildman–Crippen LogP) is 6.49. The topological polar surface area (TPSA) is 67.4 Å². The largest absolute Gasteiger partial charge is 0.413 e. The molecule has 4 aliphatic rings. The summed E-state index contributed by atoms with van der Waals surface area (Å²) in [5.41, 5.74) is 3.46. The normalized spacial score (nSPS) is 26.3. The summed E-state index contributed by atoms with van der Waals surface area (Å²) >= 11 is 0. The van der Waals surface area contributed by atoms with Crippen LogP contribution in [0.5, 0.6) is 5.75 Å². The van der Waals surface area contributed by atoms with Gasteiger partial charge in [0.15, 0.2) is 0 Å². The molecule has 2 N–H and O–H groups in total. The van der Waals surface area contributed by atoms with Crippen molar-refractivity contribution in [2.24, 2.45) is 17.8 Å². The standard InChI is InChI=1S/C32H34N2O3/c35-30(29(18-22-7-3-1-4-8-22)34-31(36)37-28-9-5-2-6-10-28)33-27-13-11-26(12-14-27)32-19-23-15-24(20-32)17-25(16-23)21-32/h1-14,23-25,29H,15-21H2,(H,33,35)(H,34,36)/t23?,24?,25?,29-,32?/m0/s1. The third-order valence-electron chi connectivity index (χ3n) is 8.65. The molecular weight excluding hydrogens is 460 g/mol. The predicted molar refractivity (Wildman–Crippen MR) is 144 cm³/mol. The van der Waals surface area contributed by atoms with Gasteiger partial charge in [-0.2, -0.15) is 0 Å². The third-order valence-corrected chi connectivity index (χ3v) is 8.65. The summed E-state index contributed by atoms with van der Waals surface area (Å²) in [6, 6.07) is 26.2. The molecule has 0 aliphatic heterocycles. The van der Waals surface area contributed by atoms with Crippen molar-refractivity contribution in [3.63, 3.8) is 0 Å². The molecule has 190 valence electrons. The van der Waals surface area contributed by atoms with Gasteiger partial charge in [0.25, 0.3) is 0 Å². The van der Waals surface area contributed by atoms with E-state index in [1.54, 1.807) is 24.3 Å². The molecule has 0 radical (unpaired) electrons. The fourth-order valence-electron chi connectivity index (χ4n) is 7.43. The Bertz CT molecular complexity index is 1200.